The molecule has 0 unspecified atom stereocenters. The van der Waals surface area contributed by atoms with Gasteiger partial charge in [0.1, 0.15) is 11.3 Å². The van der Waals surface area contributed by atoms with Crippen molar-refractivity contribution in [2.75, 3.05) is 23.4 Å². The molecule has 0 bridgehead atoms. The maximum Gasteiger partial charge on any atom is 0.306 e. The second-order valence-electron chi connectivity index (χ2n) is 8.90. The van der Waals surface area contributed by atoms with Gasteiger partial charge in [0, 0.05) is 12.0 Å². The number of ketones is 1. The highest BCUT2D eigenvalue weighted by Gasteiger charge is 2.52. The van der Waals surface area contributed by atoms with E-state index in [0.29, 0.717) is 42.1 Å². The zero-order valence-electron chi connectivity index (χ0n) is 19.9. The van der Waals surface area contributed by atoms with Crippen LogP contribution in [-0.4, -0.2) is 42.3 Å². The Labute approximate surface area is 204 Å². The SMILES string of the molecule is CCCOc1ccc(C(=O)CCC(=O)OCC(=O)N2c3ccccc3NC(=O)C23CCCC3)cc1. The van der Waals surface area contributed by atoms with Gasteiger partial charge in [0.25, 0.3) is 11.8 Å². The highest BCUT2D eigenvalue weighted by molar-refractivity contribution is 6.15. The van der Waals surface area contributed by atoms with E-state index in [1.165, 1.54) is 4.90 Å². The molecule has 0 saturated heterocycles. The first-order valence-electron chi connectivity index (χ1n) is 12.1. The summed E-state index contributed by atoms with van der Waals surface area (Å²) in [5.74, 6) is -0.789. The van der Waals surface area contributed by atoms with Crippen LogP contribution in [-0.2, 0) is 19.1 Å². The van der Waals surface area contributed by atoms with Crippen molar-refractivity contribution in [1.82, 2.24) is 0 Å². The highest BCUT2D eigenvalue weighted by Crippen LogP contribution is 2.45. The minimum atomic E-state index is -0.958. The van der Waals surface area contributed by atoms with Gasteiger partial charge in [-0.2, -0.15) is 0 Å². The molecule has 8 nitrogen and oxygen atoms in total. The van der Waals surface area contributed by atoms with Crippen LogP contribution >= 0.6 is 0 Å². The van der Waals surface area contributed by atoms with Crippen LogP contribution in [0.1, 0.15) is 62.2 Å². The minimum absolute atomic E-state index is 0.0267. The van der Waals surface area contributed by atoms with Crippen LogP contribution in [0, 0.1) is 0 Å². The molecule has 1 aliphatic carbocycles. The lowest BCUT2D eigenvalue weighted by Crippen LogP contribution is -2.61. The number of nitrogens with one attached hydrogen (secondary N) is 1. The Morgan fingerprint density at radius 3 is 2.43 bits per heavy atom. The highest BCUT2D eigenvalue weighted by atomic mass is 16.5. The Morgan fingerprint density at radius 2 is 1.71 bits per heavy atom. The number of carbonyl (C=O) groups excluding carboxylic acids is 4. The van der Waals surface area contributed by atoms with E-state index >= 15 is 0 Å². The van der Waals surface area contributed by atoms with Crippen LogP contribution in [0.3, 0.4) is 0 Å². The number of ether oxygens (including phenoxy) is 2. The van der Waals surface area contributed by atoms with Crippen LogP contribution in [0.25, 0.3) is 0 Å². The molecule has 2 aromatic rings. The Balaban J connectivity index is 1.34. The van der Waals surface area contributed by atoms with Crippen LogP contribution in [0.4, 0.5) is 11.4 Å². The van der Waals surface area contributed by atoms with Crippen LogP contribution < -0.4 is 15.0 Å². The maximum atomic E-state index is 13.2. The molecule has 1 spiro atoms. The molecule has 4 rings (SSSR count). The van der Waals surface area contributed by atoms with E-state index in [4.69, 9.17) is 9.47 Å². The number of hydrogen-bond acceptors (Lipinski definition) is 6. The Kier molecular flexibility index (Phi) is 7.48. The molecule has 2 aromatic carbocycles. The number of benzene rings is 2. The first kappa shape index (κ1) is 24.4. The number of rotatable bonds is 9. The Morgan fingerprint density at radius 1 is 1.00 bits per heavy atom. The summed E-state index contributed by atoms with van der Waals surface area (Å²) in [6.45, 7) is 2.13. The number of anilines is 2. The van der Waals surface area contributed by atoms with Gasteiger partial charge in [0.05, 0.1) is 24.4 Å². The molecule has 2 amide bonds. The van der Waals surface area contributed by atoms with Crippen molar-refractivity contribution in [3.05, 3.63) is 54.1 Å². The van der Waals surface area contributed by atoms with Crippen molar-refractivity contribution in [2.24, 2.45) is 0 Å². The van der Waals surface area contributed by atoms with Crippen LogP contribution in [0.2, 0.25) is 0 Å². The topological polar surface area (TPSA) is 102 Å². The van der Waals surface area contributed by atoms with E-state index in [1.54, 1.807) is 48.5 Å². The van der Waals surface area contributed by atoms with Crippen molar-refractivity contribution in [3.63, 3.8) is 0 Å². The zero-order chi connectivity index (χ0) is 24.8. The molecule has 1 fully saturated rings. The van der Waals surface area contributed by atoms with Crippen LogP contribution in [0.5, 0.6) is 5.75 Å². The second kappa shape index (κ2) is 10.7. The van der Waals surface area contributed by atoms with Crippen molar-refractivity contribution >= 4 is 34.9 Å². The van der Waals surface area contributed by atoms with Crippen molar-refractivity contribution in [2.45, 2.75) is 57.4 Å². The molecule has 0 atom stereocenters. The number of carbonyl (C=O) groups is 4. The first-order valence-corrected chi connectivity index (χ1v) is 12.1. The van der Waals surface area contributed by atoms with Gasteiger partial charge in [0.15, 0.2) is 12.4 Å². The van der Waals surface area contributed by atoms with E-state index in [2.05, 4.69) is 5.32 Å². The summed E-state index contributed by atoms with van der Waals surface area (Å²) in [6, 6.07) is 13.9. The third-order valence-corrected chi connectivity index (χ3v) is 6.49. The summed E-state index contributed by atoms with van der Waals surface area (Å²) in [4.78, 5) is 52.4. The lowest BCUT2D eigenvalue weighted by atomic mass is 9.90. The lowest BCUT2D eigenvalue weighted by Gasteiger charge is -2.44. The van der Waals surface area contributed by atoms with Gasteiger partial charge in [-0.05, 0) is 55.7 Å². The number of Topliss-reactive ketones (excluding diaryl/α,β-unsaturated/α-hetero) is 1. The third-order valence-electron chi connectivity index (χ3n) is 6.49. The Bertz CT molecular complexity index is 1100. The van der Waals surface area contributed by atoms with E-state index < -0.39 is 24.0 Å². The summed E-state index contributed by atoms with van der Waals surface area (Å²) in [5, 5.41) is 2.92. The quantitative estimate of drug-likeness (QED) is 0.426. The summed E-state index contributed by atoms with van der Waals surface area (Å²) in [5.41, 5.74) is 0.695. The van der Waals surface area contributed by atoms with Crippen molar-refractivity contribution in [3.8, 4) is 5.75 Å². The molecular formula is C27H30N2O6. The normalized spacial score (nSPS) is 15.9. The number of hydrogen-bond donors (Lipinski definition) is 1. The first-order chi connectivity index (χ1) is 16.9. The molecule has 8 heteroatoms. The second-order valence-corrected chi connectivity index (χ2v) is 8.90. The summed E-state index contributed by atoms with van der Waals surface area (Å²) in [6.07, 6.45) is 3.53. The largest absolute Gasteiger partial charge is 0.494 e. The summed E-state index contributed by atoms with van der Waals surface area (Å²) >= 11 is 0. The average Bonchev–Trinajstić information content (AvgIpc) is 3.36. The summed E-state index contributed by atoms with van der Waals surface area (Å²) < 4.78 is 10.7. The van der Waals surface area contributed by atoms with E-state index in [9.17, 15) is 19.2 Å². The monoisotopic (exact) mass is 478 g/mol. The predicted octanol–water partition coefficient (Wildman–Crippen LogP) is 4.28. The fourth-order valence-corrected chi connectivity index (χ4v) is 4.72. The molecule has 184 valence electrons. The molecular weight excluding hydrogens is 448 g/mol. The molecule has 1 heterocycles. The van der Waals surface area contributed by atoms with Gasteiger partial charge >= 0.3 is 5.97 Å². The Hall–Kier alpha value is -3.68. The third kappa shape index (κ3) is 5.21. The smallest absolute Gasteiger partial charge is 0.306 e. The molecule has 1 aliphatic heterocycles. The van der Waals surface area contributed by atoms with Crippen molar-refractivity contribution < 1.29 is 28.7 Å². The molecule has 35 heavy (non-hydrogen) atoms. The number of fused-ring (bicyclic) bond motifs is 1. The summed E-state index contributed by atoms with van der Waals surface area (Å²) in [7, 11) is 0. The van der Waals surface area contributed by atoms with Gasteiger partial charge in [0.2, 0.25) is 0 Å². The van der Waals surface area contributed by atoms with E-state index in [-0.39, 0.29) is 24.5 Å². The average molecular weight is 479 g/mol. The number of esters is 1. The molecule has 2 aliphatic rings. The van der Waals surface area contributed by atoms with Gasteiger partial charge in [-0.15, -0.1) is 0 Å². The van der Waals surface area contributed by atoms with E-state index in [1.807, 2.05) is 6.92 Å². The van der Waals surface area contributed by atoms with Crippen LogP contribution in [0.15, 0.2) is 48.5 Å². The van der Waals surface area contributed by atoms with Gasteiger partial charge < -0.3 is 14.8 Å². The van der Waals surface area contributed by atoms with Crippen molar-refractivity contribution in [1.29, 1.82) is 0 Å². The molecule has 0 aromatic heterocycles. The number of amides is 2. The zero-order valence-corrected chi connectivity index (χ0v) is 19.9. The standard InChI is InChI=1S/C27H30N2O6/c1-2-17-34-20-11-9-19(10-12-20)23(30)13-14-25(32)35-18-24(31)29-22-8-4-3-7-21(22)28-26(33)27(29)15-5-6-16-27/h3-4,7-12H,2,5-6,13-18H2,1H3,(H,28,33). The predicted molar refractivity (Wildman–Crippen MR) is 131 cm³/mol. The van der Waals surface area contributed by atoms with Gasteiger partial charge in [-0.1, -0.05) is 31.9 Å². The fourth-order valence-electron chi connectivity index (χ4n) is 4.72. The fraction of sp³-hybridized carbons (Fsp3) is 0.407. The van der Waals surface area contributed by atoms with E-state index in [0.717, 1.165) is 19.3 Å². The van der Waals surface area contributed by atoms with Gasteiger partial charge in [-0.3, -0.25) is 24.1 Å². The molecule has 1 saturated carbocycles. The molecule has 1 N–H and O–H groups in total. The maximum absolute atomic E-state index is 13.2. The van der Waals surface area contributed by atoms with Gasteiger partial charge in [-0.25, -0.2) is 0 Å². The minimum Gasteiger partial charge on any atom is -0.494 e. The molecule has 0 radical (unpaired) electrons. The number of para-hydroxylation sites is 2. The lowest BCUT2D eigenvalue weighted by molar-refractivity contribution is -0.148. The number of nitrogens with zero attached hydrogens (tertiary/aromatic N) is 1.